The molecule has 0 saturated carbocycles. The van der Waals surface area contributed by atoms with Crippen molar-refractivity contribution in [1.29, 1.82) is 0 Å². The highest BCUT2D eigenvalue weighted by Gasteiger charge is 2.25. The monoisotopic (exact) mass is 380 g/mol. The summed E-state index contributed by atoms with van der Waals surface area (Å²) in [5.74, 6) is 0. The highest BCUT2D eigenvalue weighted by atomic mass is 32.2. The molecule has 0 amide bonds. The first-order valence-electron chi connectivity index (χ1n) is 9.13. The number of fused-ring (bicyclic) bond motifs is 1. The van der Waals surface area contributed by atoms with Crippen LogP contribution in [0.4, 0.5) is 0 Å². The van der Waals surface area contributed by atoms with Gasteiger partial charge in [-0.3, -0.25) is 4.90 Å². The van der Waals surface area contributed by atoms with Crippen LogP contribution in [0.25, 0.3) is 0 Å². The van der Waals surface area contributed by atoms with Crippen LogP contribution in [0.2, 0.25) is 0 Å². The summed E-state index contributed by atoms with van der Waals surface area (Å²) in [6.07, 6.45) is 3.54. The van der Waals surface area contributed by atoms with Crippen molar-refractivity contribution in [3.8, 4) is 0 Å². The molecule has 0 saturated heterocycles. The Balaban J connectivity index is 1.51. The molecular weight excluding hydrogens is 356 g/mol. The van der Waals surface area contributed by atoms with Crippen molar-refractivity contribution in [1.82, 2.24) is 8.87 Å². The Morgan fingerprint density at radius 1 is 0.852 bits per heavy atom. The second-order valence-corrected chi connectivity index (χ2v) is 9.36. The molecule has 0 spiro atoms. The summed E-state index contributed by atoms with van der Waals surface area (Å²) in [6, 6.07) is 13.6. The molecule has 4 nitrogen and oxygen atoms in total. The van der Waals surface area contributed by atoms with Crippen LogP contribution in [0.1, 0.15) is 33.4 Å². The fraction of sp³-hybridized carbons (Fsp3) is 0.273. The van der Waals surface area contributed by atoms with E-state index >= 15 is 0 Å². The van der Waals surface area contributed by atoms with Gasteiger partial charge in [-0.25, -0.2) is 12.4 Å². The average Bonchev–Trinajstić information content (AvgIpc) is 3.17. The molecule has 1 aliphatic heterocycles. The Morgan fingerprint density at radius 2 is 1.48 bits per heavy atom. The number of hydrogen-bond donors (Lipinski definition) is 0. The highest BCUT2D eigenvalue weighted by molar-refractivity contribution is 7.90. The van der Waals surface area contributed by atoms with Gasteiger partial charge in [-0.1, -0.05) is 35.9 Å². The molecule has 0 radical (unpaired) electrons. The van der Waals surface area contributed by atoms with Crippen LogP contribution >= 0.6 is 0 Å². The predicted octanol–water partition coefficient (Wildman–Crippen LogP) is 4.17. The molecule has 0 fully saturated rings. The lowest BCUT2D eigenvalue weighted by atomic mass is 10.1. The minimum atomic E-state index is -3.52. The molecule has 0 bridgehead atoms. The summed E-state index contributed by atoms with van der Waals surface area (Å²) < 4.78 is 27.1. The number of aryl methyl sites for hydroxylation is 3. The highest BCUT2D eigenvalue weighted by Crippen LogP contribution is 2.28. The second kappa shape index (κ2) is 6.66. The van der Waals surface area contributed by atoms with Crippen molar-refractivity contribution >= 4 is 10.0 Å². The summed E-state index contributed by atoms with van der Waals surface area (Å²) in [6.45, 7) is 8.64. The minimum absolute atomic E-state index is 0.328. The van der Waals surface area contributed by atoms with E-state index in [-0.39, 0.29) is 0 Å². The lowest BCUT2D eigenvalue weighted by molar-refractivity contribution is 0.274. The number of benzene rings is 2. The maximum Gasteiger partial charge on any atom is 0.267 e. The standard InChI is InChI=1S/C22H24N2O2S/c1-16-4-8-22(9-5-16)27(25,26)24-14-20-12-23(13-21(20)15-24)11-19-7-6-17(2)18(3)10-19/h4-10,14-15H,11-13H2,1-3H3. The Hall–Kier alpha value is -2.37. The van der Waals surface area contributed by atoms with Crippen molar-refractivity contribution in [3.63, 3.8) is 0 Å². The molecule has 1 aromatic heterocycles. The van der Waals surface area contributed by atoms with Crippen molar-refractivity contribution < 1.29 is 8.42 Å². The van der Waals surface area contributed by atoms with E-state index in [0.717, 1.165) is 36.3 Å². The van der Waals surface area contributed by atoms with Crippen LogP contribution < -0.4 is 0 Å². The quantitative estimate of drug-likeness (QED) is 0.682. The van der Waals surface area contributed by atoms with Crippen LogP contribution in [-0.2, 0) is 29.7 Å². The van der Waals surface area contributed by atoms with Gasteiger partial charge in [0.25, 0.3) is 10.0 Å². The molecule has 27 heavy (non-hydrogen) atoms. The third kappa shape index (κ3) is 3.45. The Bertz CT molecular complexity index is 1070. The first-order chi connectivity index (χ1) is 12.8. The molecule has 0 aliphatic carbocycles. The largest absolute Gasteiger partial charge is 0.290 e. The van der Waals surface area contributed by atoms with Gasteiger partial charge >= 0.3 is 0 Å². The van der Waals surface area contributed by atoms with Crippen molar-refractivity contribution in [3.05, 3.63) is 88.2 Å². The maximum atomic E-state index is 12.8. The van der Waals surface area contributed by atoms with Gasteiger partial charge in [0.05, 0.1) is 4.90 Å². The van der Waals surface area contributed by atoms with E-state index in [4.69, 9.17) is 0 Å². The summed E-state index contributed by atoms with van der Waals surface area (Å²) >= 11 is 0. The zero-order valence-corrected chi connectivity index (χ0v) is 16.8. The van der Waals surface area contributed by atoms with E-state index in [1.54, 1.807) is 24.5 Å². The van der Waals surface area contributed by atoms with E-state index in [1.807, 2.05) is 19.1 Å². The third-order valence-electron chi connectivity index (χ3n) is 5.34. The maximum absolute atomic E-state index is 12.8. The van der Waals surface area contributed by atoms with Gasteiger partial charge in [0.1, 0.15) is 0 Å². The number of rotatable bonds is 4. The fourth-order valence-electron chi connectivity index (χ4n) is 3.58. The lowest BCUT2D eigenvalue weighted by Crippen LogP contribution is -2.17. The number of hydrogen-bond acceptors (Lipinski definition) is 3. The molecule has 2 aromatic carbocycles. The van der Waals surface area contributed by atoms with Gasteiger partial charge in [0, 0.05) is 32.0 Å². The van der Waals surface area contributed by atoms with E-state index in [0.29, 0.717) is 4.90 Å². The topological polar surface area (TPSA) is 42.3 Å². The van der Waals surface area contributed by atoms with Crippen LogP contribution in [-0.4, -0.2) is 17.3 Å². The van der Waals surface area contributed by atoms with Crippen molar-refractivity contribution in [2.24, 2.45) is 0 Å². The summed E-state index contributed by atoms with van der Waals surface area (Å²) in [7, 11) is -3.52. The number of nitrogens with zero attached hydrogens (tertiary/aromatic N) is 2. The summed E-state index contributed by atoms with van der Waals surface area (Å²) in [5, 5.41) is 0. The zero-order valence-electron chi connectivity index (χ0n) is 15.9. The van der Waals surface area contributed by atoms with Crippen LogP contribution in [0, 0.1) is 20.8 Å². The summed E-state index contributed by atoms with van der Waals surface area (Å²) in [4.78, 5) is 2.67. The predicted molar refractivity (Wildman–Crippen MR) is 107 cm³/mol. The lowest BCUT2D eigenvalue weighted by Gasteiger charge is -2.16. The van der Waals surface area contributed by atoms with E-state index in [1.165, 1.54) is 20.7 Å². The molecular formula is C22H24N2O2S. The average molecular weight is 381 g/mol. The van der Waals surface area contributed by atoms with E-state index < -0.39 is 10.0 Å². The molecule has 3 aromatic rings. The molecule has 140 valence electrons. The summed E-state index contributed by atoms with van der Waals surface area (Å²) in [5.41, 5.74) is 7.14. The number of aromatic nitrogens is 1. The molecule has 0 N–H and O–H groups in total. The van der Waals surface area contributed by atoms with Gasteiger partial charge in [0.2, 0.25) is 0 Å². The fourth-order valence-corrected chi connectivity index (χ4v) is 4.83. The molecule has 0 unspecified atom stereocenters. The second-order valence-electron chi connectivity index (χ2n) is 7.52. The molecule has 2 heterocycles. The van der Waals surface area contributed by atoms with E-state index in [2.05, 4.69) is 36.9 Å². The van der Waals surface area contributed by atoms with E-state index in [9.17, 15) is 8.42 Å². The SMILES string of the molecule is Cc1ccc(S(=O)(=O)n2cc3c(c2)CN(Cc2ccc(C)c(C)c2)C3)cc1. The minimum Gasteiger partial charge on any atom is -0.290 e. The molecule has 4 rings (SSSR count). The van der Waals surface area contributed by atoms with Crippen LogP contribution in [0.15, 0.2) is 59.8 Å². The van der Waals surface area contributed by atoms with Crippen LogP contribution in [0.5, 0.6) is 0 Å². The van der Waals surface area contributed by atoms with Gasteiger partial charge in [0.15, 0.2) is 0 Å². The van der Waals surface area contributed by atoms with Crippen LogP contribution in [0.3, 0.4) is 0 Å². The van der Waals surface area contributed by atoms with Crippen molar-refractivity contribution in [2.75, 3.05) is 0 Å². The van der Waals surface area contributed by atoms with Gasteiger partial charge in [-0.05, 0) is 60.7 Å². The zero-order chi connectivity index (χ0) is 19.2. The Kier molecular flexibility index (Phi) is 4.44. The first-order valence-corrected chi connectivity index (χ1v) is 10.6. The third-order valence-corrected chi connectivity index (χ3v) is 6.97. The van der Waals surface area contributed by atoms with Crippen molar-refractivity contribution in [2.45, 2.75) is 45.3 Å². The molecule has 5 heteroatoms. The Morgan fingerprint density at radius 3 is 2.07 bits per heavy atom. The molecule has 1 aliphatic rings. The first kappa shape index (κ1) is 18.0. The normalized spacial score (nSPS) is 14.5. The Labute approximate surface area is 161 Å². The van der Waals surface area contributed by atoms with Gasteiger partial charge in [-0.2, -0.15) is 0 Å². The molecule has 0 atom stereocenters. The van der Waals surface area contributed by atoms with Gasteiger partial charge in [-0.15, -0.1) is 0 Å². The smallest absolute Gasteiger partial charge is 0.267 e. The van der Waals surface area contributed by atoms with Gasteiger partial charge < -0.3 is 0 Å².